The van der Waals surface area contributed by atoms with Crippen molar-refractivity contribution in [2.24, 2.45) is 78.6 Å². The number of amides is 13. The van der Waals surface area contributed by atoms with Crippen molar-refractivity contribution in [1.29, 1.82) is 0 Å². The largest absolute Gasteiger partial charge is 0.508 e. The third kappa shape index (κ3) is 40.6. The SMILES string of the molecule is CC[C@H](NC(=O)C[C@@H](NC(=O)C[C@H](CCCN=C(N)N)NC(=O)N[C@H](CC)NC(=O)C[C@@H](NC(=O)C[C@H](CCCN=C(N)N)NC(=O)N[C@H](CC)NC(=O)C[C@@H](NC(=O)C[C@@H](N)Cc1ccc(O)cc1)C(C)C)C(C)C)C(C)C)NC(=O)N[C@@H](CCCN=C(N)N)CC(N)=O. The summed E-state index contributed by atoms with van der Waals surface area (Å²) in [5, 5.41) is 43.2. The van der Waals surface area contributed by atoms with Crippen LogP contribution in [0.1, 0.15) is 171 Å². The second-order valence-corrected chi connectivity index (χ2v) is 24.7. The molecule has 0 aliphatic carbocycles. The zero-order valence-electron chi connectivity index (χ0n) is 56.9. The van der Waals surface area contributed by atoms with Crippen molar-refractivity contribution >= 4 is 77.3 Å². The number of phenols is 1. The third-order valence-corrected chi connectivity index (χ3v) is 15.0. The Balaban J connectivity index is 3.03. The van der Waals surface area contributed by atoms with E-state index < -0.39 is 114 Å². The lowest BCUT2D eigenvalue weighted by molar-refractivity contribution is -0.126. The van der Waals surface area contributed by atoms with Crippen molar-refractivity contribution in [2.45, 2.75) is 232 Å². The molecule has 34 heteroatoms. The molecule has 1 rings (SSSR count). The summed E-state index contributed by atoms with van der Waals surface area (Å²) in [7, 11) is 0. The molecule has 29 N–H and O–H groups in total. The highest BCUT2D eigenvalue weighted by atomic mass is 16.3. The highest BCUT2D eigenvalue weighted by Crippen LogP contribution is 2.15. The fourth-order valence-electron chi connectivity index (χ4n) is 9.64. The molecule has 0 saturated carbocycles. The van der Waals surface area contributed by atoms with Crippen LogP contribution in [-0.4, -0.2) is 163 Å². The van der Waals surface area contributed by atoms with Crippen molar-refractivity contribution in [2.75, 3.05) is 19.6 Å². The number of nitrogens with two attached hydrogens (primary N) is 8. The first kappa shape index (κ1) is 83.9. The molecule has 34 nitrogen and oxygen atoms in total. The van der Waals surface area contributed by atoms with E-state index in [1.54, 1.807) is 45.0 Å². The van der Waals surface area contributed by atoms with Crippen LogP contribution in [0.15, 0.2) is 39.2 Å². The number of aromatic hydroxyl groups is 1. The van der Waals surface area contributed by atoms with Gasteiger partial charge in [0.1, 0.15) is 24.2 Å². The number of hydrogen-bond acceptors (Lipinski definition) is 15. The number of benzene rings is 1. The number of guanidine groups is 3. The highest BCUT2D eigenvalue weighted by Gasteiger charge is 2.29. The summed E-state index contributed by atoms with van der Waals surface area (Å²) in [4.78, 5) is 145. The Bertz CT molecular complexity index is 2650. The third-order valence-electron chi connectivity index (χ3n) is 15.0. The van der Waals surface area contributed by atoms with E-state index in [-0.39, 0.29) is 144 Å². The summed E-state index contributed by atoms with van der Waals surface area (Å²) in [5.41, 5.74) is 45.4. The average molecular weight is 1340 g/mol. The molecule has 0 aliphatic heterocycles. The summed E-state index contributed by atoms with van der Waals surface area (Å²) in [6.07, 6.45) is -0.368. The molecule has 0 spiro atoms. The predicted octanol–water partition coefficient (Wildman–Crippen LogP) is -1.38. The topological polar surface area (TPSA) is 581 Å². The molecule has 10 atom stereocenters. The molecule has 0 bridgehead atoms. The quantitative estimate of drug-likeness (QED) is 0.0155. The average Bonchev–Trinajstić information content (AvgIpc) is 1.29. The van der Waals surface area contributed by atoms with Crippen molar-refractivity contribution in [3.8, 4) is 5.75 Å². The van der Waals surface area contributed by atoms with E-state index in [0.717, 1.165) is 5.56 Å². The second kappa shape index (κ2) is 46.1. The monoisotopic (exact) mass is 1340 g/mol. The first-order chi connectivity index (χ1) is 44.7. The Morgan fingerprint density at radius 2 is 0.674 bits per heavy atom. The predicted molar refractivity (Wildman–Crippen MR) is 364 cm³/mol. The van der Waals surface area contributed by atoms with Crippen LogP contribution in [0.2, 0.25) is 0 Å². The van der Waals surface area contributed by atoms with Gasteiger partial charge in [0.25, 0.3) is 0 Å². The fourth-order valence-corrected chi connectivity index (χ4v) is 9.64. The Hall–Kier alpha value is -9.11. The van der Waals surface area contributed by atoms with Gasteiger partial charge in [0.2, 0.25) is 41.4 Å². The van der Waals surface area contributed by atoms with E-state index in [1.807, 2.05) is 41.5 Å². The summed E-state index contributed by atoms with van der Waals surface area (Å²) in [5.74, 6) is -4.25. The Labute approximate surface area is 558 Å². The molecule has 95 heavy (non-hydrogen) atoms. The molecule has 538 valence electrons. The van der Waals surface area contributed by atoms with Gasteiger partial charge in [-0.25, -0.2) is 14.4 Å². The van der Waals surface area contributed by atoms with E-state index in [1.165, 1.54) is 0 Å². The zero-order valence-corrected chi connectivity index (χ0v) is 56.9. The number of nitrogens with zero attached hydrogens (tertiary/aromatic N) is 3. The molecule has 1 aromatic rings. The van der Waals surface area contributed by atoms with Crippen molar-refractivity contribution in [3.05, 3.63) is 29.8 Å². The number of aliphatic imine (C=N–C) groups is 3. The molecule has 0 heterocycles. The standard InChI is InChI=1S/C61H113N23O11/c1-10-47(82-59(93)73-39(28-46(63)86)16-13-23-70-56(64)65)79-54(91)32-44(35(6)7)77-51(88)30-41(18-15-25-72-58(68)69)75-61(95)84-49(12-3)81-55(92)33-45(36(8)9)78-52(89)29-40(17-14-24-71-57(66)67)74-60(94)83-48(11-2)80-53(90)31-43(34(4)5)76-50(87)27-38(62)26-37-19-21-42(85)22-20-37/h19-22,34-36,38-41,43-45,47-49,85H,10-18,23-33,62H2,1-9H3,(H2,63,86)(H,76,87)(H,77,88)(H,78,89)(H,79,91)(H,80,90)(H,81,92)(H4,64,65,70)(H4,66,67,71)(H4,68,69,72)(H2,73,82,93)(H2,74,83,94)(H2,75,84,95)/t38-,39-,40-,41-,43+,44+,45+,47+,48+,49+/m0/s1. The summed E-state index contributed by atoms with van der Waals surface area (Å²) < 4.78 is 0. The molecule has 0 unspecified atom stereocenters. The maximum Gasteiger partial charge on any atom is 0.316 e. The second-order valence-electron chi connectivity index (χ2n) is 24.7. The number of rotatable bonds is 46. The Morgan fingerprint density at radius 3 is 0.947 bits per heavy atom. The van der Waals surface area contributed by atoms with Crippen LogP contribution >= 0.6 is 0 Å². The number of nitrogens with one attached hydrogen (secondary N) is 12. The summed E-state index contributed by atoms with van der Waals surface area (Å²) in [6.45, 7) is 16.9. The number of carbonyl (C=O) groups excluding carboxylic acids is 10. The Morgan fingerprint density at radius 1 is 0.389 bits per heavy atom. The first-order valence-electron chi connectivity index (χ1n) is 32.7. The molecule has 1 aromatic carbocycles. The van der Waals surface area contributed by atoms with E-state index in [0.29, 0.717) is 32.1 Å². The maximum atomic E-state index is 13.8. The van der Waals surface area contributed by atoms with Gasteiger partial charge in [0.05, 0.1) is 0 Å². The number of urea groups is 3. The van der Waals surface area contributed by atoms with Crippen LogP contribution in [0.3, 0.4) is 0 Å². The van der Waals surface area contributed by atoms with Gasteiger partial charge in [0, 0.05) is 107 Å². The minimum absolute atomic E-state index is 0.00370. The van der Waals surface area contributed by atoms with Crippen LogP contribution in [0, 0.1) is 17.8 Å². The van der Waals surface area contributed by atoms with Gasteiger partial charge < -0.3 is 115 Å². The minimum atomic E-state index is -0.901. The molecular formula is C61H113N23O11. The van der Waals surface area contributed by atoms with Crippen molar-refractivity contribution in [3.63, 3.8) is 0 Å². The van der Waals surface area contributed by atoms with Crippen LogP contribution in [0.5, 0.6) is 5.75 Å². The maximum absolute atomic E-state index is 13.8. The lowest BCUT2D eigenvalue weighted by Gasteiger charge is -2.27. The Kier molecular flexibility index (Phi) is 40.7. The van der Waals surface area contributed by atoms with Crippen LogP contribution in [-0.2, 0) is 40.0 Å². The van der Waals surface area contributed by atoms with Gasteiger partial charge in [-0.05, 0) is 99.7 Å². The molecule has 0 saturated heterocycles. The van der Waals surface area contributed by atoms with Crippen LogP contribution < -0.4 is 110 Å². The lowest BCUT2D eigenvalue weighted by atomic mass is 9.99. The van der Waals surface area contributed by atoms with E-state index in [2.05, 4.69) is 78.8 Å². The summed E-state index contributed by atoms with van der Waals surface area (Å²) in [6, 6.07) is -0.119. The van der Waals surface area contributed by atoms with Gasteiger partial charge in [-0.1, -0.05) is 74.4 Å². The van der Waals surface area contributed by atoms with Gasteiger partial charge in [0.15, 0.2) is 17.9 Å². The number of primary amides is 1. The molecular weight excluding hydrogens is 1230 g/mol. The van der Waals surface area contributed by atoms with Crippen molar-refractivity contribution in [1.82, 2.24) is 63.8 Å². The zero-order chi connectivity index (χ0) is 71.7. The smallest absolute Gasteiger partial charge is 0.316 e. The highest BCUT2D eigenvalue weighted by molar-refractivity contribution is 5.85. The molecule has 0 aromatic heterocycles. The molecule has 0 radical (unpaired) electrons. The molecule has 13 amide bonds. The van der Waals surface area contributed by atoms with Crippen LogP contribution in [0.4, 0.5) is 14.4 Å². The minimum Gasteiger partial charge on any atom is -0.508 e. The molecule has 0 fully saturated rings. The van der Waals surface area contributed by atoms with Gasteiger partial charge in [-0.2, -0.15) is 0 Å². The summed E-state index contributed by atoms with van der Waals surface area (Å²) >= 11 is 0. The number of hydrogen-bond donors (Lipinski definition) is 21. The van der Waals surface area contributed by atoms with Gasteiger partial charge in [-0.15, -0.1) is 0 Å². The van der Waals surface area contributed by atoms with Gasteiger partial charge >= 0.3 is 18.1 Å². The fraction of sp³-hybridized carbons (Fsp3) is 0.689. The number of phenolic OH excluding ortho intramolecular Hbond substituents is 1. The van der Waals surface area contributed by atoms with E-state index in [4.69, 9.17) is 45.9 Å². The first-order valence-corrected chi connectivity index (χ1v) is 32.7. The lowest BCUT2D eigenvalue weighted by Crippen LogP contribution is -2.55. The molecule has 0 aliphatic rings. The van der Waals surface area contributed by atoms with Gasteiger partial charge in [-0.3, -0.25) is 48.5 Å². The van der Waals surface area contributed by atoms with E-state index in [9.17, 15) is 53.1 Å². The number of carbonyl (C=O) groups is 10. The normalized spacial score (nSPS) is 14.2. The van der Waals surface area contributed by atoms with E-state index >= 15 is 0 Å². The van der Waals surface area contributed by atoms with Crippen LogP contribution in [0.25, 0.3) is 0 Å². The van der Waals surface area contributed by atoms with Crippen molar-refractivity contribution < 1.29 is 53.1 Å².